The van der Waals surface area contributed by atoms with Crippen LogP contribution in [-0.2, 0) is 0 Å². The molecule has 1 aromatic rings. The summed E-state index contributed by atoms with van der Waals surface area (Å²) < 4.78 is 0. The van der Waals surface area contributed by atoms with Crippen LogP contribution in [0.15, 0.2) is 29.3 Å². The van der Waals surface area contributed by atoms with E-state index in [1.807, 2.05) is 24.3 Å². The minimum Gasteiger partial charge on any atom is -0.368 e. The Hall–Kier alpha value is -2.04. The van der Waals surface area contributed by atoms with E-state index in [-0.39, 0.29) is 6.03 Å². The Labute approximate surface area is 101 Å². The monoisotopic (exact) mass is 232 g/mol. The van der Waals surface area contributed by atoms with Gasteiger partial charge >= 0.3 is 6.03 Å². The largest absolute Gasteiger partial charge is 0.368 e. The van der Waals surface area contributed by atoms with E-state index in [0.29, 0.717) is 0 Å². The van der Waals surface area contributed by atoms with Crippen molar-refractivity contribution >= 4 is 17.6 Å². The maximum atomic E-state index is 11.6. The first-order valence-corrected chi connectivity index (χ1v) is 5.54. The number of benzene rings is 1. The first-order valence-electron chi connectivity index (χ1n) is 5.54. The summed E-state index contributed by atoms with van der Waals surface area (Å²) in [4.78, 5) is 17.5. The van der Waals surface area contributed by atoms with Gasteiger partial charge in [0.15, 0.2) is 0 Å². The quantitative estimate of drug-likeness (QED) is 0.803. The van der Waals surface area contributed by atoms with Crippen LogP contribution in [0.4, 0.5) is 10.5 Å². The van der Waals surface area contributed by atoms with Gasteiger partial charge in [-0.05, 0) is 12.1 Å². The molecule has 0 unspecified atom stereocenters. The van der Waals surface area contributed by atoms with Crippen LogP contribution >= 0.6 is 0 Å². The van der Waals surface area contributed by atoms with Gasteiger partial charge < -0.3 is 15.5 Å². The summed E-state index contributed by atoms with van der Waals surface area (Å²) in [6.45, 7) is 1.64. The smallest absolute Gasteiger partial charge is 0.321 e. The highest BCUT2D eigenvalue weighted by Crippen LogP contribution is 2.16. The predicted molar refractivity (Wildman–Crippen MR) is 68.6 cm³/mol. The van der Waals surface area contributed by atoms with E-state index in [1.54, 1.807) is 14.1 Å². The summed E-state index contributed by atoms with van der Waals surface area (Å²) >= 11 is 0. The number of rotatable bonds is 2. The fourth-order valence-electron chi connectivity index (χ4n) is 1.60. The van der Waals surface area contributed by atoms with Crippen LogP contribution in [0.3, 0.4) is 0 Å². The summed E-state index contributed by atoms with van der Waals surface area (Å²) in [5.74, 6) is 0.847. The number of nitrogens with zero attached hydrogens (tertiary/aromatic N) is 2. The van der Waals surface area contributed by atoms with Gasteiger partial charge in [-0.15, -0.1) is 0 Å². The van der Waals surface area contributed by atoms with Crippen LogP contribution < -0.4 is 10.6 Å². The van der Waals surface area contributed by atoms with Crippen LogP contribution in [-0.4, -0.2) is 44.0 Å². The van der Waals surface area contributed by atoms with Crippen molar-refractivity contribution in [1.82, 2.24) is 10.2 Å². The van der Waals surface area contributed by atoms with Gasteiger partial charge in [-0.3, -0.25) is 4.99 Å². The van der Waals surface area contributed by atoms with E-state index < -0.39 is 0 Å². The Morgan fingerprint density at radius 1 is 1.41 bits per heavy atom. The molecule has 5 heteroatoms. The van der Waals surface area contributed by atoms with E-state index in [0.717, 1.165) is 30.2 Å². The molecule has 17 heavy (non-hydrogen) atoms. The number of urea groups is 1. The maximum absolute atomic E-state index is 11.6. The van der Waals surface area contributed by atoms with E-state index in [9.17, 15) is 4.79 Å². The van der Waals surface area contributed by atoms with Crippen molar-refractivity contribution in [3.8, 4) is 0 Å². The lowest BCUT2D eigenvalue weighted by Gasteiger charge is -2.15. The Morgan fingerprint density at radius 2 is 2.18 bits per heavy atom. The summed E-state index contributed by atoms with van der Waals surface area (Å²) in [6, 6.07) is 7.51. The van der Waals surface area contributed by atoms with Crippen LogP contribution in [0.5, 0.6) is 0 Å². The molecule has 0 bridgehead atoms. The number of amides is 2. The van der Waals surface area contributed by atoms with E-state index in [1.165, 1.54) is 4.90 Å². The Balaban J connectivity index is 2.24. The van der Waals surface area contributed by atoms with Crippen LogP contribution in [0.1, 0.15) is 5.56 Å². The molecule has 0 radical (unpaired) electrons. The molecule has 0 atom stereocenters. The second-order valence-corrected chi connectivity index (χ2v) is 4.03. The lowest BCUT2D eigenvalue weighted by molar-refractivity contribution is 0.230. The Kier molecular flexibility index (Phi) is 3.27. The molecule has 0 spiro atoms. The highest BCUT2D eigenvalue weighted by atomic mass is 16.2. The lowest BCUT2D eigenvalue weighted by atomic mass is 10.1. The van der Waals surface area contributed by atoms with Gasteiger partial charge in [-0.2, -0.15) is 0 Å². The molecule has 90 valence electrons. The van der Waals surface area contributed by atoms with Crippen molar-refractivity contribution in [3.05, 3.63) is 29.8 Å². The fourth-order valence-corrected chi connectivity index (χ4v) is 1.60. The number of carbonyl (C=O) groups excluding carboxylic acids is 1. The molecule has 0 aliphatic carbocycles. The molecular weight excluding hydrogens is 216 g/mol. The van der Waals surface area contributed by atoms with Gasteiger partial charge in [0.2, 0.25) is 0 Å². The molecule has 1 aromatic carbocycles. The molecule has 1 heterocycles. The highest BCUT2D eigenvalue weighted by Gasteiger charge is 2.14. The third kappa shape index (κ3) is 2.55. The lowest BCUT2D eigenvalue weighted by Crippen LogP contribution is -2.29. The molecule has 0 fully saturated rings. The summed E-state index contributed by atoms with van der Waals surface area (Å²) in [7, 11) is 3.42. The molecular formula is C12H16N4O. The van der Waals surface area contributed by atoms with Gasteiger partial charge in [-0.25, -0.2) is 4.79 Å². The average molecular weight is 232 g/mol. The number of anilines is 1. The molecule has 2 N–H and O–H groups in total. The number of aliphatic imine (C=N–C) groups is 1. The average Bonchev–Trinajstić information content (AvgIpc) is 2.83. The minimum absolute atomic E-state index is 0.143. The number of hydrogen-bond acceptors (Lipinski definition) is 3. The van der Waals surface area contributed by atoms with Gasteiger partial charge in [0.05, 0.1) is 12.2 Å². The standard InChI is InChI=1S/C12H16N4O/c1-16(2)12(17)15-10-6-4-3-5-9(10)11-13-7-8-14-11/h3-6H,7-8H2,1-2H3,(H,13,14)(H,15,17). The maximum Gasteiger partial charge on any atom is 0.321 e. The van der Waals surface area contributed by atoms with Crippen molar-refractivity contribution in [3.63, 3.8) is 0 Å². The Morgan fingerprint density at radius 3 is 2.82 bits per heavy atom. The molecule has 2 rings (SSSR count). The highest BCUT2D eigenvalue weighted by molar-refractivity contribution is 6.06. The van der Waals surface area contributed by atoms with Crippen LogP contribution in [0.25, 0.3) is 0 Å². The summed E-state index contributed by atoms with van der Waals surface area (Å²) in [5.41, 5.74) is 1.71. The molecule has 1 aliphatic rings. The number of para-hydroxylation sites is 1. The zero-order chi connectivity index (χ0) is 12.3. The zero-order valence-corrected chi connectivity index (χ0v) is 10.0. The fraction of sp³-hybridized carbons (Fsp3) is 0.333. The zero-order valence-electron chi connectivity index (χ0n) is 10.0. The molecule has 5 nitrogen and oxygen atoms in total. The van der Waals surface area contributed by atoms with Gasteiger partial charge in [-0.1, -0.05) is 12.1 Å². The molecule has 0 saturated heterocycles. The third-order valence-corrected chi connectivity index (χ3v) is 2.50. The molecule has 0 saturated carbocycles. The Bertz CT molecular complexity index is 454. The first-order chi connectivity index (χ1) is 8.18. The number of amidine groups is 1. The van der Waals surface area contributed by atoms with Crippen molar-refractivity contribution < 1.29 is 4.79 Å². The van der Waals surface area contributed by atoms with Crippen molar-refractivity contribution in [2.75, 3.05) is 32.5 Å². The number of nitrogens with one attached hydrogen (secondary N) is 2. The van der Waals surface area contributed by atoms with E-state index >= 15 is 0 Å². The summed E-state index contributed by atoms with van der Waals surface area (Å²) in [6.07, 6.45) is 0. The van der Waals surface area contributed by atoms with Gasteiger partial charge in [0.1, 0.15) is 5.84 Å². The molecule has 1 aliphatic heterocycles. The van der Waals surface area contributed by atoms with E-state index in [4.69, 9.17) is 0 Å². The second kappa shape index (κ2) is 4.86. The second-order valence-electron chi connectivity index (χ2n) is 4.03. The van der Waals surface area contributed by atoms with Gasteiger partial charge in [0.25, 0.3) is 0 Å². The van der Waals surface area contributed by atoms with Crippen LogP contribution in [0.2, 0.25) is 0 Å². The molecule has 2 amide bonds. The third-order valence-electron chi connectivity index (χ3n) is 2.50. The van der Waals surface area contributed by atoms with Crippen LogP contribution in [0, 0.1) is 0 Å². The predicted octanol–water partition coefficient (Wildman–Crippen LogP) is 1.13. The van der Waals surface area contributed by atoms with Crippen molar-refractivity contribution in [2.45, 2.75) is 0 Å². The normalized spacial score (nSPS) is 13.9. The number of hydrogen-bond donors (Lipinski definition) is 2. The SMILES string of the molecule is CN(C)C(=O)Nc1ccccc1C1=NCCN1. The summed E-state index contributed by atoms with van der Waals surface area (Å²) in [5, 5.41) is 6.05. The first kappa shape index (κ1) is 11.4. The van der Waals surface area contributed by atoms with Crippen molar-refractivity contribution in [1.29, 1.82) is 0 Å². The van der Waals surface area contributed by atoms with E-state index in [2.05, 4.69) is 15.6 Å². The topological polar surface area (TPSA) is 56.7 Å². The molecule has 0 aromatic heterocycles. The van der Waals surface area contributed by atoms with Crippen molar-refractivity contribution in [2.24, 2.45) is 4.99 Å². The van der Waals surface area contributed by atoms with Gasteiger partial charge in [0, 0.05) is 26.2 Å². The minimum atomic E-state index is -0.143. The number of carbonyl (C=O) groups is 1.